The van der Waals surface area contributed by atoms with Crippen LogP contribution in [0.5, 0.6) is 0 Å². The summed E-state index contributed by atoms with van der Waals surface area (Å²) in [4.78, 5) is 2.02. The first kappa shape index (κ1) is 10.5. The molecule has 86 valence electrons. The monoisotopic (exact) mass is 266 g/mol. The lowest BCUT2D eigenvalue weighted by Crippen LogP contribution is -1.84. The normalized spacial score (nSPS) is 11.9. The molecule has 0 atom stereocenters. The first-order chi connectivity index (χ1) is 8.72. The molecule has 4 aromatic carbocycles. The molecule has 0 bridgehead atoms. The van der Waals surface area contributed by atoms with E-state index in [1.807, 2.05) is 0 Å². The second-order valence-electron chi connectivity index (χ2n) is 4.67. The molecule has 0 unspecified atom stereocenters. The SMILES string of the molecule is Sc1cc2ccc3cc(S)cc4ccc(c1)c2c34. The van der Waals surface area contributed by atoms with Crippen molar-refractivity contribution in [2.45, 2.75) is 9.79 Å². The molecule has 0 aliphatic carbocycles. The molecule has 0 N–H and O–H groups in total. The Bertz CT molecular complexity index is 752. The van der Waals surface area contributed by atoms with Crippen LogP contribution >= 0.6 is 25.3 Å². The molecule has 2 heteroatoms. The number of benzene rings is 4. The molecule has 0 aromatic heterocycles. The van der Waals surface area contributed by atoms with Crippen molar-refractivity contribution in [3.63, 3.8) is 0 Å². The average molecular weight is 266 g/mol. The third-order valence-electron chi connectivity index (χ3n) is 3.50. The molecule has 0 nitrogen and oxygen atoms in total. The first-order valence-corrected chi connectivity index (χ1v) is 6.72. The third-order valence-corrected chi connectivity index (χ3v) is 4.02. The lowest BCUT2D eigenvalue weighted by molar-refractivity contribution is 1.53. The van der Waals surface area contributed by atoms with Crippen molar-refractivity contribution in [3.8, 4) is 0 Å². The Morgan fingerprint density at radius 2 is 0.778 bits per heavy atom. The molecule has 0 amide bonds. The largest absolute Gasteiger partial charge is 0.143 e. The Kier molecular flexibility index (Phi) is 2.08. The number of hydrogen-bond donors (Lipinski definition) is 2. The van der Waals surface area contributed by atoms with E-state index >= 15 is 0 Å². The van der Waals surface area contributed by atoms with Gasteiger partial charge in [-0.05, 0) is 56.6 Å². The molecular weight excluding hydrogens is 256 g/mol. The van der Waals surface area contributed by atoms with Gasteiger partial charge in [0.25, 0.3) is 0 Å². The van der Waals surface area contributed by atoms with E-state index in [1.54, 1.807) is 0 Å². The van der Waals surface area contributed by atoms with E-state index in [2.05, 4.69) is 73.8 Å². The summed E-state index contributed by atoms with van der Waals surface area (Å²) in [6, 6.07) is 17.2. The summed E-state index contributed by atoms with van der Waals surface area (Å²) in [6.45, 7) is 0. The first-order valence-electron chi connectivity index (χ1n) is 5.83. The van der Waals surface area contributed by atoms with Crippen LogP contribution in [-0.4, -0.2) is 0 Å². The molecule has 0 radical (unpaired) electrons. The van der Waals surface area contributed by atoms with Crippen LogP contribution in [0.4, 0.5) is 0 Å². The van der Waals surface area contributed by atoms with E-state index in [0.717, 1.165) is 9.79 Å². The number of hydrogen-bond acceptors (Lipinski definition) is 2. The van der Waals surface area contributed by atoms with Gasteiger partial charge >= 0.3 is 0 Å². The molecule has 0 spiro atoms. The van der Waals surface area contributed by atoms with Gasteiger partial charge in [-0.15, -0.1) is 25.3 Å². The highest BCUT2D eigenvalue weighted by molar-refractivity contribution is 7.80. The lowest BCUT2D eigenvalue weighted by atomic mass is 9.94. The fraction of sp³-hybridized carbons (Fsp3) is 0. The van der Waals surface area contributed by atoms with Crippen LogP contribution in [0.2, 0.25) is 0 Å². The zero-order valence-corrected chi connectivity index (χ0v) is 11.3. The van der Waals surface area contributed by atoms with Crippen LogP contribution in [0.15, 0.2) is 58.3 Å². The highest BCUT2D eigenvalue weighted by atomic mass is 32.1. The minimum absolute atomic E-state index is 1.01. The second-order valence-corrected chi connectivity index (χ2v) is 5.70. The Morgan fingerprint density at radius 3 is 1.06 bits per heavy atom. The molecule has 4 aromatic rings. The van der Waals surface area contributed by atoms with Crippen LogP contribution in [-0.2, 0) is 0 Å². The van der Waals surface area contributed by atoms with E-state index in [0.29, 0.717) is 0 Å². The summed E-state index contributed by atoms with van der Waals surface area (Å²) < 4.78 is 0. The quantitative estimate of drug-likeness (QED) is 0.319. The van der Waals surface area contributed by atoms with Crippen molar-refractivity contribution >= 4 is 57.6 Å². The Morgan fingerprint density at radius 1 is 0.500 bits per heavy atom. The van der Waals surface area contributed by atoms with Gasteiger partial charge in [0, 0.05) is 9.79 Å². The van der Waals surface area contributed by atoms with E-state index in [-0.39, 0.29) is 0 Å². The fourth-order valence-electron chi connectivity index (χ4n) is 2.80. The van der Waals surface area contributed by atoms with E-state index < -0.39 is 0 Å². The van der Waals surface area contributed by atoms with Gasteiger partial charge in [0.1, 0.15) is 0 Å². The standard InChI is InChI=1S/C16H10S2/c17-13-5-9-1-2-10-6-14(18)8-12-4-3-11(7-13)15(9)16(10)12/h1-8,17-18H. The van der Waals surface area contributed by atoms with Gasteiger partial charge in [0.2, 0.25) is 0 Å². The van der Waals surface area contributed by atoms with Gasteiger partial charge in [0.15, 0.2) is 0 Å². The second kappa shape index (κ2) is 3.56. The van der Waals surface area contributed by atoms with Crippen molar-refractivity contribution in [2.24, 2.45) is 0 Å². The molecule has 18 heavy (non-hydrogen) atoms. The predicted molar refractivity (Wildman–Crippen MR) is 84.7 cm³/mol. The van der Waals surface area contributed by atoms with E-state index in [4.69, 9.17) is 0 Å². The van der Waals surface area contributed by atoms with E-state index in [9.17, 15) is 0 Å². The molecule has 0 saturated heterocycles. The molecule has 0 fully saturated rings. The predicted octanol–water partition coefficient (Wildman–Crippen LogP) is 5.16. The van der Waals surface area contributed by atoms with Gasteiger partial charge in [0.05, 0.1) is 0 Å². The average Bonchev–Trinajstić information content (AvgIpc) is 2.34. The zero-order valence-electron chi connectivity index (χ0n) is 9.51. The van der Waals surface area contributed by atoms with Crippen molar-refractivity contribution in [3.05, 3.63) is 48.5 Å². The molecule has 0 aliphatic heterocycles. The summed E-state index contributed by atoms with van der Waals surface area (Å²) in [6.07, 6.45) is 0. The van der Waals surface area contributed by atoms with Gasteiger partial charge in [-0.2, -0.15) is 0 Å². The van der Waals surface area contributed by atoms with Crippen LogP contribution < -0.4 is 0 Å². The maximum atomic E-state index is 4.47. The zero-order chi connectivity index (χ0) is 12.3. The minimum Gasteiger partial charge on any atom is -0.143 e. The Balaban J connectivity index is 2.41. The Labute approximate surface area is 116 Å². The van der Waals surface area contributed by atoms with Gasteiger partial charge in [-0.1, -0.05) is 24.3 Å². The molecule has 0 aliphatic rings. The molecule has 4 rings (SSSR count). The molecule has 0 heterocycles. The lowest BCUT2D eigenvalue weighted by Gasteiger charge is -2.11. The van der Waals surface area contributed by atoms with Crippen LogP contribution in [0.25, 0.3) is 32.3 Å². The van der Waals surface area contributed by atoms with Crippen molar-refractivity contribution in [1.82, 2.24) is 0 Å². The molecule has 0 saturated carbocycles. The van der Waals surface area contributed by atoms with Crippen LogP contribution in [0.3, 0.4) is 0 Å². The maximum absolute atomic E-state index is 4.47. The topological polar surface area (TPSA) is 0 Å². The minimum atomic E-state index is 1.01. The number of thiol groups is 2. The van der Waals surface area contributed by atoms with Crippen LogP contribution in [0, 0.1) is 0 Å². The van der Waals surface area contributed by atoms with Crippen molar-refractivity contribution < 1.29 is 0 Å². The summed E-state index contributed by atoms with van der Waals surface area (Å²) in [7, 11) is 0. The fourth-order valence-corrected chi connectivity index (χ4v) is 3.36. The summed E-state index contributed by atoms with van der Waals surface area (Å²) >= 11 is 8.94. The van der Waals surface area contributed by atoms with Gasteiger partial charge in [-0.25, -0.2) is 0 Å². The van der Waals surface area contributed by atoms with E-state index in [1.165, 1.54) is 32.3 Å². The summed E-state index contributed by atoms with van der Waals surface area (Å²) in [5, 5.41) is 7.67. The van der Waals surface area contributed by atoms with Crippen LogP contribution in [0.1, 0.15) is 0 Å². The number of rotatable bonds is 0. The van der Waals surface area contributed by atoms with Crippen molar-refractivity contribution in [1.29, 1.82) is 0 Å². The highest BCUT2D eigenvalue weighted by Crippen LogP contribution is 2.36. The highest BCUT2D eigenvalue weighted by Gasteiger charge is 2.08. The molecular formula is C16H10S2. The smallest absolute Gasteiger partial charge is 0.00523 e. The maximum Gasteiger partial charge on any atom is 0.00523 e. The Hall–Kier alpha value is -1.38. The summed E-state index contributed by atoms with van der Waals surface area (Å²) in [5.74, 6) is 0. The van der Waals surface area contributed by atoms with Crippen molar-refractivity contribution in [2.75, 3.05) is 0 Å². The van der Waals surface area contributed by atoms with Gasteiger partial charge in [-0.3, -0.25) is 0 Å². The summed E-state index contributed by atoms with van der Waals surface area (Å²) in [5.41, 5.74) is 0. The van der Waals surface area contributed by atoms with Gasteiger partial charge < -0.3 is 0 Å². The third kappa shape index (κ3) is 1.36.